The molecule has 1 aromatic rings. The van der Waals surface area contributed by atoms with Gasteiger partial charge in [0.1, 0.15) is 0 Å². The summed E-state index contributed by atoms with van der Waals surface area (Å²) in [5.74, 6) is 0.462. The molecular weight excluding hydrogens is 296 g/mol. The van der Waals surface area contributed by atoms with E-state index in [9.17, 15) is 13.5 Å². The van der Waals surface area contributed by atoms with Crippen LogP contribution < -0.4 is 5.73 Å². The monoisotopic (exact) mass is 318 g/mol. The van der Waals surface area contributed by atoms with Crippen LogP contribution in [0.1, 0.15) is 13.8 Å². The first-order valence-electron chi connectivity index (χ1n) is 6.25. The summed E-state index contributed by atoms with van der Waals surface area (Å²) in [5.41, 5.74) is 5.54. The molecule has 0 radical (unpaired) electrons. The van der Waals surface area contributed by atoms with E-state index in [0.29, 0.717) is 11.4 Å². The summed E-state index contributed by atoms with van der Waals surface area (Å²) in [6.45, 7) is 3.16. The van der Waals surface area contributed by atoms with Crippen LogP contribution in [0.3, 0.4) is 0 Å². The minimum atomic E-state index is -3.39. The fourth-order valence-electron chi connectivity index (χ4n) is 1.48. The van der Waals surface area contributed by atoms with Gasteiger partial charge in [-0.1, -0.05) is 6.07 Å². The Labute approximate surface area is 125 Å². The predicted octanol–water partition coefficient (Wildman–Crippen LogP) is 1.39. The Balaban J connectivity index is 2.60. The van der Waals surface area contributed by atoms with Gasteiger partial charge in [-0.2, -0.15) is 4.31 Å². The number of thioether (sulfide) groups is 1. The number of hydrogen-bond donors (Lipinski definition) is 2. The maximum Gasteiger partial charge on any atom is 0.215 e. The van der Waals surface area contributed by atoms with Gasteiger partial charge in [0.25, 0.3) is 0 Å². The molecule has 0 heterocycles. The number of aliphatic hydroxyl groups excluding tert-OH is 1. The SMILES string of the molecule is CN(C(C)(C)CO)S(=O)(=O)CCSc1cccc(N)c1. The van der Waals surface area contributed by atoms with Crippen LogP contribution in [0.15, 0.2) is 29.2 Å². The molecule has 0 atom stereocenters. The molecule has 0 aromatic heterocycles. The van der Waals surface area contributed by atoms with E-state index in [1.54, 1.807) is 19.9 Å². The molecule has 0 saturated carbocycles. The van der Waals surface area contributed by atoms with Gasteiger partial charge in [-0.15, -0.1) is 11.8 Å². The number of likely N-dealkylation sites (N-methyl/N-ethyl adjacent to an activating group) is 1. The van der Waals surface area contributed by atoms with E-state index < -0.39 is 15.6 Å². The number of sulfonamides is 1. The first-order valence-corrected chi connectivity index (χ1v) is 8.84. The van der Waals surface area contributed by atoms with Crippen LogP contribution in [0.25, 0.3) is 0 Å². The van der Waals surface area contributed by atoms with Crippen molar-refractivity contribution in [1.29, 1.82) is 0 Å². The number of hydrogen-bond acceptors (Lipinski definition) is 5. The largest absolute Gasteiger partial charge is 0.399 e. The standard InChI is InChI=1S/C13H22N2O3S2/c1-13(2,10-16)15(3)20(17,18)8-7-19-12-6-4-5-11(14)9-12/h4-6,9,16H,7-8,10,14H2,1-3H3. The topological polar surface area (TPSA) is 83.6 Å². The molecule has 0 saturated heterocycles. The summed E-state index contributed by atoms with van der Waals surface area (Å²) in [4.78, 5) is 0.948. The van der Waals surface area contributed by atoms with Gasteiger partial charge in [-0.25, -0.2) is 8.42 Å². The van der Waals surface area contributed by atoms with Crippen LogP contribution in [-0.2, 0) is 10.0 Å². The summed E-state index contributed by atoms with van der Waals surface area (Å²) in [5, 5.41) is 9.24. The third kappa shape index (κ3) is 4.66. The second-order valence-corrected chi connectivity index (χ2v) is 8.46. The molecule has 0 bridgehead atoms. The lowest BCUT2D eigenvalue weighted by Crippen LogP contribution is -2.48. The quantitative estimate of drug-likeness (QED) is 0.586. The molecule has 0 spiro atoms. The molecule has 1 aromatic carbocycles. The van der Waals surface area contributed by atoms with Crippen molar-refractivity contribution in [1.82, 2.24) is 4.31 Å². The van der Waals surface area contributed by atoms with E-state index in [2.05, 4.69) is 0 Å². The van der Waals surface area contributed by atoms with E-state index in [0.717, 1.165) is 4.90 Å². The highest BCUT2D eigenvalue weighted by Crippen LogP contribution is 2.22. The Morgan fingerprint density at radius 2 is 2.05 bits per heavy atom. The molecular formula is C13H22N2O3S2. The van der Waals surface area contributed by atoms with Crippen molar-refractivity contribution in [2.45, 2.75) is 24.3 Å². The summed E-state index contributed by atoms with van der Waals surface area (Å²) in [7, 11) is -1.89. The highest BCUT2D eigenvalue weighted by molar-refractivity contribution is 8.00. The van der Waals surface area contributed by atoms with Crippen molar-refractivity contribution < 1.29 is 13.5 Å². The molecule has 0 aliphatic heterocycles. The molecule has 0 amide bonds. The zero-order chi connectivity index (χ0) is 15.4. The molecule has 1 rings (SSSR count). The Kier molecular flexibility index (Phi) is 5.88. The molecule has 114 valence electrons. The van der Waals surface area contributed by atoms with Crippen LogP contribution in [0.4, 0.5) is 5.69 Å². The number of rotatable bonds is 7. The Bertz CT molecular complexity index is 544. The van der Waals surface area contributed by atoms with Crippen LogP contribution in [0, 0.1) is 0 Å². The van der Waals surface area contributed by atoms with Gasteiger partial charge in [-0.05, 0) is 32.0 Å². The molecule has 0 aliphatic carbocycles. The highest BCUT2D eigenvalue weighted by Gasteiger charge is 2.31. The molecule has 3 N–H and O–H groups in total. The zero-order valence-electron chi connectivity index (χ0n) is 12.0. The first-order chi connectivity index (χ1) is 9.19. The number of nitrogens with zero attached hydrogens (tertiary/aromatic N) is 1. The normalized spacial score (nSPS) is 12.8. The Hall–Kier alpha value is -0.760. The van der Waals surface area contributed by atoms with Gasteiger partial charge in [0.2, 0.25) is 10.0 Å². The van der Waals surface area contributed by atoms with E-state index in [-0.39, 0.29) is 12.4 Å². The third-order valence-electron chi connectivity index (χ3n) is 3.12. The fraction of sp³-hybridized carbons (Fsp3) is 0.538. The van der Waals surface area contributed by atoms with Gasteiger partial charge < -0.3 is 10.8 Å². The minimum absolute atomic E-state index is 0.0202. The maximum atomic E-state index is 12.2. The van der Waals surface area contributed by atoms with E-state index in [1.165, 1.54) is 23.1 Å². The maximum absolute atomic E-state index is 12.2. The van der Waals surface area contributed by atoms with Crippen molar-refractivity contribution in [2.75, 3.05) is 30.9 Å². The van der Waals surface area contributed by atoms with Gasteiger partial charge in [0, 0.05) is 23.4 Å². The first kappa shape index (κ1) is 17.3. The lowest BCUT2D eigenvalue weighted by molar-refractivity contribution is 0.138. The number of nitrogen functional groups attached to an aromatic ring is 1. The zero-order valence-corrected chi connectivity index (χ0v) is 13.7. The summed E-state index contributed by atoms with van der Waals surface area (Å²) in [6.07, 6.45) is 0. The molecule has 5 nitrogen and oxygen atoms in total. The van der Waals surface area contributed by atoms with Crippen molar-refractivity contribution in [3.05, 3.63) is 24.3 Å². The molecule has 0 aliphatic rings. The van der Waals surface area contributed by atoms with Gasteiger partial charge >= 0.3 is 0 Å². The van der Waals surface area contributed by atoms with Gasteiger partial charge in [0.15, 0.2) is 0 Å². The van der Waals surface area contributed by atoms with Crippen molar-refractivity contribution in [3.8, 4) is 0 Å². The minimum Gasteiger partial charge on any atom is -0.399 e. The Morgan fingerprint density at radius 1 is 1.40 bits per heavy atom. The van der Waals surface area contributed by atoms with E-state index in [4.69, 9.17) is 5.73 Å². The number of nitrogens with two attached hydrogens (primary N) is 1. The van der Waals surface area contributed by atoms with Gasteiger partial charge in [0.05, 0.1) is 17.9 Å². The molecule has 0 fully saturated rings. The summed E-state index contributed by atoms with van der Waals surface area (Å²) >= 11 is 1.45. The summed E-state index contributed by atoms with van der Waals surface area (Å²) < 4.78 is 25.6. The van der Waals surface area contributed by atoms with Crippen molar-refractivity contribution in [3.63, 3.8) is 0 Å². The highest BCUT2D eigenvalue weighted by atomic mass is 32.2. The predicted molar refractivity (Wildman–Crippen MR) is 84.3 cm³/mol. The van der Waals surface area contributed by atoms with Crippen LogP contribution in [0.5, 0.6) is 0 Å². The lowest BCUT2D eigenvalue weighted by atomic mass is 10.1. The van der Waals surface area contributed by atoms with Crippen molar-refractivity contribution in [2.24, 2.45) is 0 Å². The number of aliphatic hydroxyl groups is 1. The number of benzene rings is 1. The van der Waals surface area contributed by atoms with E-state index >= 15 is 0 Å². The molecule has 7 heteroatoms. The van der Waals surface area contributed by atoms with Crippen LogP contribution in [0.2, 0.25) is 0 Å². The van der Waals surface area contributed by atoms with Crippen LogP contribution in [-0.4, -0.2) is 48.5 Å². The number of anilines is 1. The third-order valence-corrected chi connectivity index (χ3v) is 6.43. The summed E-state index contributed by atoms with van der Waals surface area (Å²) in [6, 6.07) is 7.35. The average Bonchev–Trinajstić information content (AvgIpc) is 2.37. The van der Waals surface area contributed by atoms with E-state index in [1.807, 2.05) is 18.2 Å². The molecule has 0 unspecified atom stereocenters. The van der Waals surface area contributed by atoms with Crippen LogP contribution >= 0.6 is 11.8 Å². The second kappa shape index (κ2) is 6.80. The second-order valence-electron chi connectivity index (χ2n) is 5.18. The van der Waals surface area contributed by atoms with Gasteiger partial charge in [-0.3, -0.25) is 0 Å². The Morgan fingerprint density at radius 3 is 2.60 bits per heavy atom. The smallest absolute Gasteiger partial charge is 0.215 e. The molecule has 20 heavy (non-hydrogen) atoms. The van der Waals surface area contributed by atoms with Crippen molar-refractivity contribution >= 4 is 27.5 Å². The fourth-order valence-corrected chi connectivity index (χ4v) is 4.37. The lowest BCUT2D eigenvalue weighted by Gasteiger charge is -2.32. The average molecular weight is 318 g/mol.